The molecule has 1 aromatic heterocycles. The molecule has 0 spiro atoms. The van der Waals surface area contributed by atoms with Crippen molar-refractivity contribution in [3.8, 4) is 44.5 Å². The zero-order valence-electron chi connectivity index (χ0n) is 26.7. The minimum atomic E-state index is 0.915. The molecular formula is C48H30O. The molecular weight excluding hydrogens is 593 g/mol. The lowest BCUT2D eigenvalue weighted by Crippen LogP contribution is -1.91. The van der Waals surface area contributed by atoms with Gasteiger partial charge in [-0.1, -0.05) is 152 Å². The van der Waals surface area contributed by atoms with Gasteiger partial charge in [-0.3, -0.25) is 0 Å². The highest BCUT2D eigenvalue weighted by Gasteiger charge is 2.18. The molecule has 0 aliphatic carbocycles. The summed E-state index contributed by atoms with van der Waals surface area (Å²) in [7, 11) is 0. The number of hydrogen-bond donors (Lipinski definition) is 0. The predicted molar refractivity (Wildman–Crippen MR) is 208 cm³/mol. The summed E-state index contributed by atoms with van der Waals surface area (Å²) in [6.45, 7) is 0. The molecule has 1 heteroatoms. The largest absolute Gasteiger partial charge is 0.456 e. The monoisotopic (exact) mass is 622 g/mol. The third kappa shape index (κ3) is 4.47. The maximum Gasteiger partial charge on any atom is 0.135 e. The Hall–Kier alpha value is -6.44. The lowest BCUT2D eigenvalue weighted by Gasteiger charge is -2.19. The van der Waals surface area contributed by atoms with Crippen LogP contribution in [0.4, 0.5) is 0 Å². The van der Waals surface area contributed by atoms with Crippen LogP contribution in [0.25, 0.3) is 98.8 Å². The van der Waals surface area contributed by atoms with Crippen molar-refractivity contribution in [3.63, 3.8) is 0 Å². The molecule has 0 aliphatic rings. The minimum Gasteiger partial charge on any atom is -0.456 e. The molecule has 0 N–H and O–H groups in total. The summed E-state index contributed by atoms with van der Waals surface area (Å²) in [6, 6.07) is 65.9. The predicted octanol–water partition coefficient (Wildman–Crippen LogP) is 13.7. The molecule has 0 fully saturated rings. The van der Waals surface area contributed by atoms with Crippen LogP contribution in [0.2, 0.25) is 0 Å². The number of benzene rings is 9. The van der Waals surface area contributed by atoms with Crippen molar-refractivity contribution in [2.24, 2.45) is 0 Å². The molecule has 0 saturated heterocycles. The maximum absolute atomic E-state index is 6.13. The Balaban J connectivity index is 1.17. The highest BCUT2D eigenvalue weighted by Crippen LogP contribution is 2.45. The van der Waals surface area contributed by atoms with Gasteiger partial charge in [-0.15, -0.1) is 0 Å². The summed E-state index contributed by atoms with van der Waals surface area (Å²) in [5.41, 5.74) is 11.6. The van der Waals surface area contributed by atoms with Gasteiger partial charge in [0.25, 0.3) is 0 Å². The van der Waals surface area contributed by atoms with Crippen LogP contribution in [0.15, 0.2) is 186 Å². The molecule has 49 heavy (non-hydrogen) atoms. The van der Waals surface area contributed by atoms with Crippen LogP contribution in [0.5, 0.6) is 0 Å². The van der Waals surface area contributed by atoms with Crippen LogP contribution in [0, 0.1) is 0 Å². The molecule has 10 aromatic rings. The van der Waals surface area contributed by atoms with E-state index in [-0.39, 0.29) is 0 Å². The number of hydrogen-bond acceptors (Lipinski definition) is 1. The number of rotatable bonds is 4. The zero-order chi connectivity index (χ0) is 32.3. The van der Waals surface area contributed by atoms with Crippen LogP contribution in [0.1, 0.15) is 0 Å². The highest BCUT2D eigenvalue weighted by molar-refractivity contribution is 6.21. The van der Waals surface area contributed by atoms with Crippen LogP contribution in [-0.4, -0.2) is 0 Å². The fourth-order valence-corrected chi connectivity index (χ4v) is 7.83. The molecule has 0 atom stereocenters. The second-order valence-electron chi connectivity index (χ2n) is 12.8. The van der Waals surface area contributed by atoms with E-state index in [4.69, 9.17) is 4.42 Å². The number of furan rings is 1. The van der Waals surface area contributed by atoms with Gasteiger partial charge >= 0.3 is 0 Å². The van der Waals surface area contributed by atoms with Gasteiger partial charge in [0.2, 0.25) is 0 Å². The third-order valence-electron chi connectivity index (χ3n) is 10.0. The number of para-hydroxylation sites is 1. The molecule has 0 amide bonds. The van der Waals surface area contributed by atoms with Crippen molar-refractivity contribution < 1.29 is 4.42 Å². The summed E-state index contributed by atoms with van der Waals surface area (Å²) < 4.78 is 6.13. The average molecular weight is 623 g/mol. The van der Waals surface area contributed by atoms with Crippen LogP contribution >= 0.6 is 0 Å². The van der Waals surface area contributed by atoms with Crippen molar-refractivity contribution in [2.75, 3.05) is 0 Å². The van der Waals surface area contributed by atoms with E-state index >= 15 is 0 Å². The van der Waals surface area contributed by atoms with E-state index in [1.165, 1.54) is 76.8 Å². The Morgan fingerprint density at radius 2 is 0.735 bits per heavy atom. The van der Waals surface area contributed by atoms with Crippen molar-refractivity contribution in [1.82, 2.24) is 0 Å². The normalized spacial score (nSPS) is 11.7. The van der Waals surface area contributed by atoms with Gasteiger partial charge in [0.1, 0.15) is 11.2 Å². The van der Waals surface area contributed by atoms with Gasteiger partial charge in [-0.05, 0) is 107 Å². The SMILES string of the molecule is c1cc(-c2ccc3oc4ccccc4c3c2)cc(-c2c3ccccc3c(-c3cccc(-c4cccc5ccccc45)c3)c3ccccc23)c1. The van der Waals surface area contributed by atoms with Gasteiger partial charge in [-0.2, -0.15) is 0 Å². The fourth-order valence-electron chi connectivity index (χ4n) is 7.83. The van der Waals surface area contributed by atoms with Crippen molar-refractivity contribution in [1.29, 1.82) is 0 Å². The van der Waals surface area contributed by atoms with Crippen LogP contribution < -0.4 is 0 Å². The van der Waals surface area contributed by atoms with E-state index in [0.717, 1.165) is 21.9 Å². The molecule has 9 aromatic carbocycles. The second-order valence-corrected chi connectivity index (χ2v) is 12.8. The van der Waals surface area contributed by atoms with Gasteiger partial charge in [0, 0.05) is 10.8 Å². The molecule has 0 unspecified atom stereocenters. The maximum atomic E-state index is 6.13. The molecule has 0 bridgehead atoms. The molecule has 0 saturated carbocycles. The van der Waals surface area contributed by atoms with Gasteiger partial charge in [0.05, 0.1) is 0 Å². The summed E-state index contributed by atoms with van der Waals surface area (Å²) in [4.78, 5) is 0. The summed E-state index contributed by atoms with van der Waals surface area (Å²) >= 11 is 0. The van der Waals surface area contributed by atoms with E-state index in [0.29, 0.717) is 0 Å². The van der Waals surface area contributed by atoms with Crippen LogP contribution in [0.3, 0.4) is 0 Å². The standard InChI is InChI=1S/C48H30O/c1-2-18-37-31(12-1)13-11-24-38(37)34-15-10-17-36(29-34)48-42-22-5-3-20-40(42)47(41-21-4-6-23-43(41)48)35-16-9-14-32(28-35)33-26-27-46-44(30-33)39-19-7-8-25-45(39)49-46/h1-30H. The van der Waals surface area contributed by atoms with E-state index in [9.17, 15) is 0 Å². The Morgan fingerprint density at radius 1 is 0.265 bits per heavy atom. The van der Waals surface area contributed by atoms with Crippen molar-refractivity contribution in [3.05, 3.63) is 182 Å². The first-order valence-electron chi connectivity index (χ1n) is 16.8. The Labute approximate surface area is 284 Å². The Bertz CT molecular complexity index is 2830. The smallest absolute Gasteiger partial charge is 0.135 e. The van der Waals surface area contributed by atoms with E-state index in [1.807, 2.05) is 12.1 Å². The first-order valence-corrected chi connectivity index (χ1v) is 16.8. The fraction of sp³-hybridized carbons (Fsp3) is 0. The molecule has 1 nitrogen and oxygen atoms in total. The molecule has 10 rings (SSSR count). The summed E-state index contributed by atoms with van der Waals surface area (Å²) in [5.74, 6) is 0. The van der Waals surface area contributed by atoms with Crippen molar-refractivity contribution >= 4 is 54.3 Å². The topological polar surface area (TPSA) is 13.1 Å². The second kappa shape index (κ2) is 11.1. The van der Waals surface area contributed by atoms with Crippen molar-refractivity contribution in [2.45, 2.75) is 0 Å². The molecule has 0 radical (unpaired) electrons. The third-order valence-corrected chi connectivity index (χ3v) is 10.0. The first-order chi connectivity index (χ1) is 24.3. The first kappa shape index (κ1) is 27.7. The Kier molecular flexibility index (Phi) is 6.25. The van der Waals surface area contributed by atoms with E-state index in [2.05, 4.69) is 170 Å². The molecule has 228 valence electrons. The van der Waals surface area contributed by atoms with E-state index in [1.54, 1.807) is 0 Å². The average Bonchev–Trinajstić information content (AvgIpc) is 3.55. The zero-order valence-corrected chi connectivity index (χ0v) is 26.7. The highest BCUT2D eigenvalue weighted by atomic mass is 16.3. The summed E-state index contributed by atoms with van der Waals surface area (Å²) in [6.07, 6.45) is 0. The van der Waals surface area contributed by atoms with Gasteiger partial charge in [0.15, 0.2) is 0 Å². The lowest BCUT2D eigenvalue weighted by molar-refractivity contribution is 0.669. The lowest BCUT2D eigenvalue weighted by atomic mass is 9.85. The molecule has 1 heterocycles. The van der Waals surface area contributed by atoms with Gasteiger partial charge in [-0.25, -0.2) is 0 Å². The van der Waals surface area contributed by atoms with E-state index < -0.39 is 0 Å². The molecule has 0 aliphatic heterocycles. The summed E-state index contributed by atoms with van der Waals surface area (Å²) in [5, 5.41) is 9.82. The number of fused-ring (bicyclic) bond motifs is 6. The quantitative estimate of drug-likeness (QED) is 0.178. The van der Waals surface area contributed by atoms with Crippen LogP contribution in [-0.2, 0) is 0 Å². The Morgan fingerprint density at radius 3 is 1.43 bits per heavy atom. The van der Waals surface area contributed by atoms with Gasteiger partial charge < -0.3 is 4.42 Å². The minimum absolute atomic E-state index is 0.915.